The van der Waals surface area contributed by atoms with Crippen molar-refractivity contribution in [1.29, 1.82) is 0 Å². The third kappa shape index (κ3) is 69.3. The zero-order valence-electron chi connectivity index (χ0n) is 56.5. The van der Waals surface area contributed by atoms with E-state index < -0.39 is 12.1 Å². The number of rotatable bonds is 72. The van der Waals surface area contributed by atoms with Gasteiger partial charge in [-0.2, -0.15) is 0 Å². The Labute approximate surface area is 520 Å². The highest BCUT2D eigenvalue weighted by atomic mass is 16.5. The van der Waals surface area contributed by atoms with Crippen LogP contribution >= 0.6 is 0 Å². The predicted octanol–water partition coefficient (Wildman–Crippen LogP) is 24.9. The van der Waals surface area contributed by atoms with Crippen LogP contribution in [-0.4, -0.2) is 47.4 Å². The van der Waals surface area contributed by atoms with Crippen molar-refractivity contribution in [1.82, 2.24) is 5.32 Å². The lowest BCUT2D eigenvalue weighted by Crippen LogP contribution is -2.45. The second kappa shape index (κ2) is 72.8. The van der Waals surface area contributed by atoms with E-state index in [1.54, 1.807) is 0 Å². The summed E-state index contributed by atoms with van der Waals surface area (Å²) in [6.07, 6.45) is 92.5. The summed E-state index contributed by atoms with van der Waals surface area (Å²) in [7, 11) is 0. The number of amides is 1. The molecular formula is C77H149NO5. The SMILES string of the molecule is CCCCCCCCCCCCCCCCCCCCCCCCCC(O)C(CO)NC(=O)CCCCCCCCCCCCC/C=C\C/C=C\CCCCCCCCCCCOC(=O)CCCCCCCCCCCCCCCCCC. The van der Waals surface area contributed by atoms with E-state index in [2.05, 4.69) is 43.5 Å². The molecule has 0 rings (SSSR count). The third-order valence-corrected chi connectivity index (χ3v) is 18.0. The van der Waals surface area contributed by atoms with Crippen LogP contribution in [0.5, 0.6) is 0 Å². The van der Waals surface area contributed by atoms with Crippen LogP contribution in [0, 0.1) is 0 Å². The maximum atomic E-state index is 12.6. The number of carbonyl (C=O) groups is 2. The maximum absolute atomic E-state index is 12.6. The minimum absolute atomic E-state index is 0.0152. The normalized spacial score (nSPS) is 12.6. The van der Waals surface area contributed by atoms with Crippen molar-refractivity contribution in [3.8, 4) is 0 Å². The maximum Gasteiger partial charge on any atom is 0.305 e. The molecule has 6 heteroatoms. The molecule has 0 saturated heterocycles. The second-order valence-corrected chi connectivity index (χ2v) is 26.3. The molecule has 0 saturated carbocycles. The Morgan fingerprint density at radius 1 is 0.337 bits per heavy atom. The Bertz CT molecular complexity index is 1300. The molecule has 0 radical (unpaired) electrons. The Balaban J connectivity index is 3.40. The number of aliphatic hydroxyl groups excluding tert-OH is 2. The number of hydrogen-bond donors (Lipinski definition) is 3. The summed E-state index contributed by atoms with van der Waals surface area (Å²) in [5, 5.41) is 23.5. The molecule has 0 aliphatic heterocycles. The van der Waals surface area contributed by atoms with Gasteiger partial charge in [0.15, 0.2) is 0 Å². The summed E-state index contributed by atoms with van der Waals surface area (Å²) in [6, 6.07) is -0.545. The highest BCUT2D eigenvalue weighted by molar-refractivity contribution is 5.76. The van der Waals surface area contributed by atoms with Crippen molar-refractivity contribution < 1.29 is 24.5 Å². The molecule has 2 atom stereocenters. The van der Waals surface area contributed by atoms with Gasteiger partial charge in [-0.1, -0.05) is 385 Å². The first-order valence-electron chi connectivity index (χ1n) is 38.1. The third-order valence-electron chi connectivity index (χ3n) is 18.0. The smallest absolute Gasteiger partial charge is 0.305 e. The van der Waals surface area contributed by atoms with Crippen LogP contribution in [0.2, 0.25) is 0 Å². The number of hydrogen-bond acceptors (Lipinski definition) is 5. The van der Waals surface area contributed by atoms with E-state index in [9.17, 15) is 19.8 Å². The number of nitrogens with one attached hydrogen (secondary N) is 1. The van der Waals surface area contributed by atoms with Crippen molar-refractivity contribution >= 4 is 11.9 Å². The Morgan fingerprint density at radius 3 is 0.916 bits per heavy atom. The largest absolute Gasteiger partial charge is 0.466 e. The van der Waals surface area contributed by atoms with E-state index in [0.717, 1.165) is 44.9 Å². The van der Waals surface area contributed by atoms with E-state index >= 15 is 0 Å². The number of esters is 1. The van der Waals surface area contributed by atoms with Gasteiger partial charge in [-0.15, -0.1) is 0 Å². The van der Waals surface area contributed by atoms with E-state index in [0.29, 0.717) is 25.9 Å². The van der Waals surface area contributed by atoms with Crippen LogP contribution in [0.4, 0.5) is 0 Å². The van der Waals surface area contributed by atoms with Gasteiger partial charge in [0.1, 0.15) is 0 Å². The lowest BCUT2D eigenvalue weighted by atomic mass is 10.0. The topological polar surface area (TPSA) is 95.9 Å². The van der Waals surface area contributed by atoms with Crippen molar-refractivity contribution in [2.75, 3.05) is 13.2 Å². The zero-order valence-corrected chi connectivity index (χ0v) is 56.5. The molecule has 0 bridgehead atoms. The van der Waals surface area contributed by atoms with E-state index in [-0.39, 0.29) is 18.5 Å². The average molecular weight is 1170 g/mol. The number of carbonyl (C=O) groups excluding carboxylic acids is 2. The van der Waals surface area contributed by atoms with Crippen LogP contribution in [-0.2, 0) is 14.3 Å². The second-order valence-electron chi connectivity index (χ2n) is 26.3. The molecule has 0 heterocycles. The standard InChI is InChI=1S/C77H149NO5/c1-3-5-7-9-11-13-15-17-19-21-22-23-29-32-35-38-41-45-49-53-57-61-65-69-75(80)74(73-79)78-76(81)70-66-62-58-54-50-46-42-39-36-33-30-27-25-24-26-28-31-34-37-40-44-48-52-56-60-64-68-72-83-77(82)71-67-63-59-55-51-47-43-20-18-16-14-12-10-8-6-4-2/h24-25,28,31,74-75,79-80H,3-23,26-27,29-30,32-73H2,1-2H3,(H,78,81)/b25-24-,31-28-. The molecular weight excluding hydrogens is 1020 g/mol. The first-order chi connectivity index (χ1) is 41.0. The Kier molecular flexibility index (Phi) is 71.4. The summed E-state index contributed by atoms with van der Waals surface area (Å²) in [4.78, 5) is 24.7. The molecule has 0 spiro atoms. The highest BCUT2D eigenvalue weighted by Crippen LogP contribution is 2.20. The van der Waals surface area contributed by atoms with Crippen molar-refractivity contribution in [3.05, 3.63) is 24.3 Å². The Morgan fingerprint density at radius 2 is 0.602 bits per heavy atom. The van der Waals surface area contributed by atoms with Crippen molar-refractivity contribution in [2.45, 2.75) is 443 Å². The molecule has 0 aromatic carbocycles. The van der Waals surface area contributed by atoms with Crippen LogP contribution in [0.15, 0.2) is 24.3 Å². The van der Waals surface area contributed by atoms with Crippen LogP contribution < -0.4 is 5.32 Å². The molecule has 1 amide bonds. The lowest BCUT2D eigenvalue weighted by Gasteiger charge is -2.22. The number of aliphatic hydroxyl groups is 2. The average Bonchev–Trinajstić information content (AvgIpc) is 3.49. The minimum atomic E-state index is -0.668. The molecule has 2 unspecified atom stereocenters. The quantitative estimate of drug-likeness (QED) is 0.0320. The summed E-state index contributed by atoms with van der Waals surface area (Å²) >= 11 is 0. The van der Waals surface area contributed by atoms with Crippen LogP contribution in [0.25, 0.3) is 0 Å². The summed E-state index contributed by atoms with van der Waals surface area (Å²) < 4.78 is 5.50. The van der Waals surface area contributed by atoms with Crippen molar-refractivity contribution in [3.63, 3.8) is 0 Å². The lowest BCUT2D eigenvalue weighted by molar-refractivity contribution is -0.143. The van der Waals surface area contributed by atoms with E-state index in [4.69, 9.17) is 4.74 Å². The number of unbranched alkanes of at least 4 members (excludes halogenated alkanes) is 57. The first-order valence-corrected chi connectivity index (χ1v) is 38.1. The minimum Gasteiger partial charge on any atom is -0.466 e. The summed E-state index contributed by atoms with van der Waals surface area (Å²) in [5.41, 5.74) is 0. The fraction of sp³-hybridized carbons (Fsp3) is 0.922. The van der Waals surface area contributed by atoms with Gasteiger partial charge in [0.2, 0.25) is 5.91 Å². The van der Waals surface area contributed by atoms with E-state index in [1.165, 1.54) is 353 Å². The van der Waals surface area contributed by atoms with Gasteiger partial charge < -0.3 is 20.3 Å². The van der Waals surface area contributed by atoms with Crippen molar-refractivity contribution in [2.24, 2.45) is 0 Å². The fourth-order valence-corrected chi connectivity index (χ4v) is 12.2. The van der Waals surface area contributed by atoms with Gasteiger partial charge in [0.25, 0.3) is 0 Å². The predicted molar refractivity (Wildman–Crippen MR) is 366 cm³/mol. The van der Waals surface area contributed by atoms with Gasteiger partial charge in [-0.25, -0.2) is 0 Å². The highest BCUT2D eigenvalue weighted by Gasteiger charge is 2.20. The van der Waals surface area contributed by atoms with E-state index in [1.807, 2.05) is 0 Å². The van der Waals surface area contributed by atoms with Gasteiger partial charge in [0, 0.05) is 12.8 Å². The molecule has 0 aromatic rings. The number of allylic oxidation sites excluding steroid dienone is 4. The van der Waals surface area contributed by atoms with Crippen LogP contribution in [0.3, 0.4) is 0 Å². The summed E-state index contributed by atoms with van der Waals surface area (Å²) in [6.45, 7) is 5.00. The monoisotopic (exact) mass is 1170 g/mol. The molecule has 0 aromatic heterocycles. The molecule has 0 aliphatic carbocycles. The van der Waals surface area contributed by atoms with Gasteiger partial charge in [-0.05, 0) is 57.8 Å². The molecule has 0 fully saturated rings. The Hall–Kier alpha value is -1.66. The number of ether oxygens (including phenoxy) is 1. The van der Waals surface area contributed by atoms with Crippen LogP contribution in [0.1, 0.15) is 431 Å². The van der Waals surface area contributed by atoms with Gasteiger partial charge in [0.05, 0.1) is 25.4 Å². The molecule has 0 aliphatic rings. The molecule has 3 N–H and O–H groups in total. The zero-order chi connectivity index (χ0) is 59.9. The van der Waals surface area contributed by atoms with Gasteiger partial charge in [-0.3, -0.25) is 9.59 Å². The molecule has 492 valence electrons. The van der Waals surface area contributed by atoms with Gasteiger partial charge >= 0.3 is 5.97 Å². The fourth-order valence-electron chi connectivity index (χ4n) is 12.2. The summed E-state index contributed by atoms with van der Waals surface area (Å²) in [5.74, 6) is -0.0178. The molecule has 83 heavy (non-hydrogen) atoms. The molecule has 6 nitrogen and oxygen atoms in total. The first kappa shape index (κ1) is 81.3.